The van der Waals surface area contributed by atoms with Crippen molar-refractivity contribution in [3.63, 3.8) is 0 Å². The summed E-state index contributed by atoms with van der Waals surface area (Å²) in [6.45, 7) is 5.18. The van der Waals surface area contributed by atoms with Crippen LogP contribution in [0.4, 0.5) is 5.69 Å². The summed E-state index contributed by atoms with van der Waals surface area (Å²) in [7, 11) is 1.50. The molecule has 0 bridgehead atoms. The van der Waals surface area contributed by atoms with Crippen molar-refractivity contribution >= 4 is 47.3 Å². The minimum Gasteiger partial charge on any atom is -0.369 e. The maximum atomic E-state index is 11.7. The van der Waals surface area contributed by atoms with Gasteiger partial charge in [-0.3, -0.25) is 4.79 Å². The van der Waals surface area contributed by atoms with E-state index in [1.54, 1.807) is 6.92 Å². The number of carbonyl (C=O) groups excluding carboxylic acids is 1. The Kier molecular flexibility index (Phi) is 6.00. The van der Waals surface area contributed by atoms with Crippen LogP contribution >= 0.6 is 26.6 Å². The van der Waals surface area contributed by atoms with Crippen LogP contribution < -0.4 is 5.32 Å². The molecule has 1 rings (SSSR count). The number of aryl methyl sites for hydroxylation is 1. The Labute approximate surface area is 131 Å². The molecule has 8 heteroatoms. The summed E-state index contributed by atoms with van der Waals surface area (Å²) in [5.41, 5.74) is 0.909. The van der Waals surface area contributed by atoms with Gasteiger partial charge in [0.05, 0.1) is 16.7 Å². The van der Waals surface area contributed by atoms with Gasteiger partial charge in [-0.15, -0.1) is 0 Å². The van der Waals surface area contributed by atoms with Crippen molar-refractivity contribution in [2.45, 2.75) is 31.8 Å². The zero-order chi connectivity index (χ0) is 15.5. The topological polar surface area (TPSA) is 72.5 Å². The van der Waals surface area contributed by atoms with E-state index in [9.17, 15) is 13.2 Å². The van der Waals surface area contributed by atoms with Crippen LogP contribution in [0, 0.1) is 6.92 Å². The highest BCUT2D eigenvalue weighted by Gasteiger charge is 2.17. The first-order chi connectivity index (χ1) is 9.11. The smallest absolute Gasteiger partial charge is 0.261 e. The van der Waals surface area contributed by atoms with Crippen LogP contribution in [0.3, 0.4) is 0 Å². The molecule has 0 unspecified atom stereocenters. The first kappa shape index (κ1) is 17.4. The Morgan fingerprint density at radius 2 is 2.05 bits per heavy atom. The predicted octanol–water partition coefficient (Wildman–Crippen LogP) is 3.05. The van der Waals surface area contributed by atoms with Gasteiger partial charge in [0.25, 0.3) is 9.05 Å². The molecule has 0 aliphatic carbocycles. The lowest BCUT2D eigenvalue weighted by Gasteiger charge is -2.12. The van der Waals surface area contributed by atoms with Crippen LogP contribution in [0.15, 0.2) is 21.5 Å². The number of halogens is 2. The van der Waals surface area contributed by atoms with E-state index < -0.39 is 9.05 Å². The molecule has 0 saturated heterocycles. The molecule has 0 aromatic heterocycles. The number of rotatable bonds is 5. The first-order valence-corrected chi connectivity index (χ1v) is 8.87. The number of hydrogen-bond acceptors (Lipinski definition) is 4. The van der Waals surface area contributed by atoms with Crippen molar-refractivity contribution in [1.82, 2.24) is 0 Å². The van der Waals surface area contributed by atoms with E-state index in [4.69, 9.17) is 15.4 Å². The van der Waals surface area contributed by atoms with Gasteiger partial charge in [0, 0.05) is 15.2 Å². The third-order valence-electron chi connectivity index (χ3n) is 2.35. The highest BCUT2D eigenvalue weighted by molar-refractivity contribution is 9.10. The molecule has 1 N–H and O–H groups in total. The number of nitrogens with one attached hydrogen (secondary N) is 1. The largest absolute Gasteiger partial charge is 0.369 e. The van der Waals surface area contributed by atoms with Gasteiger partial charge in [-0.05, 0) is 54.4 Å². The molecule has 0 heterocycles. The SMILES string of the molecule is Cc1cc(NC(=O)COC(C)C)c(Br)cc1S(=O)(=O)Cl. The molecular weight excluding hydrogens is 370 g/mol. The van der Waals surface area contributed by atoms with Crippen molar-refractivity contribution < 1.29 is 17.9 Å². The Balaban J connectivity index is 2.94. The second-order valence-corrected chi connectivity index (χ2v) is 7.83. The maximum absolute atomic E-state index is 11.7. The minimum atomic E-state index is -3.82. The van der Waals surface area contributed by atoms with Crippen LogP contribution in [0.25, 0.3) is 0 Å². The molecule has 0 aliphatic heterocycles. The summed E-state index contributed by atoms with van der Waals surface area (Å²) in [4.78, 5) is 11.7. The number of ether oxygens (including phenoxy) is 1. The number of anilines is 1. The normalized spacial score (nSPS) is 11.7. The predicted molar refractivity (Wildman–Crippen MR) is 81.6 cm³/mol. The summed E-state index contributed by atoms with van der Waals surface area (Å²) < 4.78 is 28.3. The van der Waals surface area contributed by atoms with Crippen molar-refractivity contribution in [1.29, 1.82) is 0 Å². The molecular formula is C12H15BrClNO4S. The van der Waals surface area contributed by atoms with Crippen LogP contribution in [0.5, 0.6) is 0 Å². The Morgan fingerprint density at radius 3 is 2.55 bits per heavy atom. The molecule has 20 heavy (non-hydrogen) atoms. The number of carbonyl (C=O) groups is 1. The first-order valence-electron chi connectivity index (χ1n) is 5.77. The third-order valence-corrected chi connectivity index (χ3v) is 4.47. The average Bonchev–Trinajstić information content (AvgIpc) is 2.29. The van der Waals surface area contributed by atoms with Crippen LogP contribution in [0.2, 0.25) is 0 Å². The van der Waals surface area contributed by atoms with Crippen molar-refractivity contribution in [3.05, 3.63) is 22.2 Å². The molecule has 0 saturated carbocycles. The van der Waals surface area contributed by atoms with Gasteiger partial charge >= 0.3 is 0 Å². The number of benzene rings is 1. The number of amides is 1. The van der Waals surface area contributed by atoms with Crippen LogP contribution in [-0.4, -0.2) is 27.0 Å². The van der Waals surface area contributed by atoms with Gasteiger partial charge in [0.15, 0.2) is 0 Å². The molecule has 5 nitrogen and oxygen atoms in total. The molecule has 1 aromatic carbocycles. The summed E-state index contributed by atoms with van der Waals surface area (Å²) in [6, 6.07) is 2.89. The standard InChI is InChI=1S/C12H15BrClNO4S/c1-7(2)19-6-12(16)15-10-4-8(3)11(5-9(10)13)20(14,17)18/h4-5,7H,6H2,1-3H3,(H,15,16). The molecule has 112 valence electrons. The van der Waals surface area contributed by atoms with Crippen molar-refractivity contribution in [3.8, 4) is 0 Å². The molecule has 0 radical (unpaired) electrons. The molecule has 0 atom stereocenters. The van der Waals surface area contributed by atoms with Crippen molar-refractivity contribution in [2.24, 2.45) is 0 Å². The van der Waals surface area contributed by atoms with E-state index in [0.29, 0.717) is 15.7 Å². The van der Waals surface area contributed by atoms with Crippen molar-refractivity contribution in [2.75, 3.05) is 11.9 Å². The third kappa shape index (κ3) is 5.05. The zero-order valence-electron chi connectivity index (χ0n) is 11.2. The zero-order valence-corrected chi connectivity index (χ0v) is 14.4. The van der Waals surface area contributed by atoms with E-state index >= 15 is 0 Å². The molecule has 0 fully saturated rings. The second-order valence-electron chi connectivity index (χ2n) is 4.44. The Morgan fingerprint density at radius 1 is 1.45 bits per heavy atom. The van der Waals surface area contributed by atoms with E-state index in [0.717, 1.165) is 0 Å². The van der Waals surface area contributed by atoms with Gasteiger partial charge in [-0.25, -0.2) is 8.42 Å². The number of hydrogen-bond donors (Lipinski definition) is 1. The summed E-state index contributed by atoms with van der Waals surface area (Å²) >= 11 is 3.20. The Hall–Kier alpha value is -0.630. The highest BCUT2D eigenvalue weighted by Crippen LogP contribution is 2.30. The van der Waals surface area contributed by atoms with Gasteiger partial charge in [-0.1, -0.05) is 0 Å². The molecule has 1 aromatic rings. The van der Waals surface area contributed by atoms with Gasteiger partial charge in [0.1, 0.15) is 6.61 Å². The quantitative estimate of drug-likeness (QED) is 0.792. The average molecular weight is 385 g/mol. The fourth-order valence-electron chi connectivity index (χ4n) is 1.45. The Bertz CT molecular complexity index is 616. The van der Waals surface area contributed by atoms with E-state index in [1.807, 2.05) is 13.8 Å². The lowest BCUT2D eigenvalue weighted by Crippen LogP contribution is -2.21. The monoisotopic (exact) mass is 383 g/mol. The van der Waals surface area contributed by atoms with Crippen LogP contribution in [-0.2, 0) is 18.6 Å². The van der Waals surface area contributed by atoms with E-state index in [1.165, 1.54) is 12.1 Å². The molecule has 1 amide bonds. The molecule has 0 spiro atoms. The van der Waals surface area contributed by atoms with Gasteiger partial charge in [0.2, 0.25) is 5.91 Å². The van der Waals surface area contributed by atoms with Gasteiger partial charge in [-0.2, -0.15) is 0 Å². The summed E-state index contributed by atoms with van der Waals surface area (Å²) in [5.74, 6) is -0.319. The fourth-order valence-corrected chi connectivity index (χ4v) is 3.25. The lowest BCUT2D eigenvalue weighted by molar-refractivity contribution is -0.121. The van der Waals surface area contributed by atoms with Crippen LogP contribution in [0.1, 0.15) is 19.4 Å². The lowest BCUT2D eigenvalue weighted by atomic mass is 10.2. The van der Waals surface area contributed by atoms with E-state index in [-0.39, 0.29) is 23.5 Å². The maximum Gasteiger partial charge on any atom is 0.261 e. The minimum absolute atomic E-state index is 0.00229. The fraction of sp³-hybridized carbons (Fsp3) is 0.417. The second kappa shape index (κ2) is 6.89. The van der Waals surface area contributed by atoms with E-state index in [2.05, 4.69) is 21.2 Å². The summed E-state index contributed by atoms with van der Waals surface area (Å²) in [6.07, 6.45) is -0.0466. The highest BCUT2D eigenvalue weighted by atomic mass is 79.9. The van der Waals surface area contributed by atoms with Gasteiger partial charge < -0.3 is 10.1 Å². The molecule has 0 aliphatic rings. The summed E-state index contributed by atoms with van der Waals surface area (Å²) in [5, 5.41) is 2.64.